The van der Waals surface area contributed by atoms with E-state index < -0.39 is 10.0 Å². The third-order valence-corrected chi connectivity index (χ3v) is 5.70. The summed E-state index contributed by atoms with van der Waals surface area (Å²) >= 11 is 0. The van der Waals surface area contributed by atoms with Crippen molar-refractivity contribution >= 4 is 10.0 Å². The molecule has 0 fully saturated rings. The Morgan fingerprint density at radius 2 is 1.64 bits per heavy atom. The molecule has 0 aliphatic heterocycles. The van der Waals surface area contributed by atoms with Crippen molar-refractivity contribution in [1.82, 2.24) is 9.88 Å². The molecule has 1 unspecified atom stereocenters. The SMILES string of the molecule is Cc1cc(C)c(C(C)NS(=O)(=O)c2c(C)noc2C)cc1C. The van der Waals surface area contributed by atoms with Gasteiger partial charge in [-0.3, -0.25) is 0 Å². The van der Waals surface area contributed by atoms with E-state index in [-0.39, 0.29) is 10.9 Å². The number of rotatable bonds is 4. The van der Waals surface area contributed by atoms with Crippen LogP contribution in [-0.4, -0.2) is 13.6 Å². The van der Waals surface area contributed by atoms with Crippen molar-refractivity contribution in [3.8, 4) is 0 Å². The van der Waals surface area contributed by atoms with Crippen molar-refractivity contribution in [3.63, 3.8) is 0 Å². The van der Waals surface area contributed by atoms with Crippen LogP contribution >= 0.6 is 0 Å². The highest BCUT2D eigenvalue weighted by Gasteiger charge is 2.26. The number of hydrogen-bond donors (Lipinski definition) is 1. The molecule has 5 nitrogen and oxygen atoms in total. The summed E-state index contributed by atoms with van der Waals surface area (Å²) in [6.45, 7) is 11.1. The number of hydrogen-bond acceptors (Lipinski definition) is 4. The van der Waals surface area contributed by atoms with Gasteiger partial charge >= 0.3 is 0 Å². The second-order valence-electron chi connectivity index (χ2n) is 5.79. The average molecular weight is 322 g/mol. The molecule has 1 atom stereocenters. The zero-order chi connectivity index (χ0) is 16.7. The Morgan fingerprint density at radius 3 is 2.18 bits per heavy atom. The zero-order valence-electron chi connectivity index (χ0n) is 13.8. The number of benzene rings is 1. The lowest BCUT2D eigenvalue weighted by molar-refractivity contribution is 0.390. The maximum absolute atomic E-state index is 12.6. The lowest BCUT2D eigenvalue weighted by atomic mass is 9.97. The summed E-state index contributed by atoms with van der Waals surface area (Å²) in [6, 6.07) is 3.77. The van der Waals surface area contributed by atoms with E-state index in [0.29, 0.717) is 11.5 Å². The van der Waals surface area contributed by atoms with E-state index in [9.17, 15) is 8.42 Å². The number of aryl methyl sites for hydroxylation is 5. The van der Waals surface area contributed by atoms with Gasteiger partial charge in [0.2, 0.25) is 10.0 Å². The predicted octanol–water partition coefficient (Wildman–Crippen LogP) is 3.26. The Labute approximate surface area is 131 Å². The van der Waals surface area contributed by atoms with Crippen LogP contribution in [0.3, 0.4) is 0 Å². The molecular formula is C16H22N2O3S. The van der Waals surface area contributed by atoms with Gasteiger partial charge in [-0.15, -0.1) is 0 Å². The van der Waals surface area contributed by atoms with Crippen molar-refractivity contribution in [2.45, 2.75) is 52.5 Å². The molecule has 0 spiro atoms. The van der Waals surface area contributed by atoms with E-state index in [0.717, 1.165) is 16.7 Å². The van der Waals surface area contributed by atoms with Crippen molar-refractivity contribution in [2.24, 2.45) is 0 Å². The highest BCUT2D eigenvalue weighted by atomic mass is 32.2. The summed E-state index contributed by atoms with van der Waals surface area (Å²) in [4.78, 5) is 0.126. The molecule has 0 amide bonds. The van der Waals surface area contributed by atoms with Crippen LogP contribution in [0.4, 0.5) is 0 Å². The third kappa shape index (κ3) is 3.08. The highest BCUT2D eigenvalue weighted by molar-refractivity contribution is 7.89. The van der Waals surface area contributed by atoms with Crippen LogP contribution in [0.15, 0.2) is 21.6 Å². The largest absolute Gasteiger partial charge is 0.360 e. The maximum Gasteiger partial charge on any atom is 0.246 e. The van der Waals surface area contributed by atoms with E-state index in [1.807, 2.05) is 33.8 Å². The van der Waals surface area contributed by atoms with Gasteiger partial charge in [-0.2, -0.15) is 0 Å². The quantitative estimate of drug-likeness (QED) is 0.938. The Morgan fingerprint density at radius 1 is 1.05 bits per heavy atom. The topological polar surface area (TPSA) is 72.2 Å². The highest BCUT2D eigenvalue weighted by Crippen LogP contribution is 2.25. The van der Waals surface area contributed by atoms with Crippen molar-refractivity contribution in [2.75, 3.05) is 0 Å². The summed E-state index contributed by atoms with van der Waals surface area (Å²) in [7, 11) is -3.67. The van der Waals surface area contributed by atoms with Crippen LogP contribution in [-0.2, 0) is 10.0 Å². The van der Waals surface area contributed by atoms with Crippen LogP contribution in [0.5, 0.6) is 0 Å². The second kappa shape index (κ2) is 5.85. The van der Waals surface area contributed by atoms with Crippen LogP contribution in [0.2, 0.25) is 0 Å². The van der Waals surface area contributed by atoms with Gasteiger partial charge in [0, 0.05) is 6.04 Å². The Bertz CT molecular complexity index is 788. The first-order valence-electron chi connectivity index (χ1n) is 7.16. The van der Waals surface area contributed by atoms with Gasteiger partial charge in [0.15, 0.2) is 5.76 Å². The van der Waals surface area contributed by atoms with Gasteiger partial charge in [0.25, 0.3) is 0 Å². The van der Waals surface area contributed by atoms with Crippen LogP contribution in [0, 0.1) is 34.6 Å². The smallest absolute Gasteiger partial charge is 0.246 e. The van der Waals surface area contributed by atoms with E-state index in [4.69, 9.17) is 4.52 Å². The minimum atomic E-state index is -3.67. The molecule has 1 heterocycles. The molecule has 2 rings (SSSR count). The molecule has 0 saturated heterocycles. The fourth-order valence-corrected chi connectivity index (χ4v) is 4.21. The van der Waals surface area contributed by atoms with Gasteiger partial charge < -0.3 is 4.52 Å². The number of aromatic nitrogens is 1. The molecule has 1 aromatic carbocycles. The van der Waals surface area contributed by atoms with E-state index >= 15 is 0 Å². The Hall–Kier alpha value is -1.66. The van der Waals surface area contributed by atoms with Gasteiger partial charge in [0.1, 0.15) is 10.6 Å². The lowest BCUT2D eigenvalue weighted by Crippen LogP contribution is -2.28. The first-order valence-corrected chi connectivity index (χ1v) is 8.64. The van der Waals surface area contributed by atoms with Crippen molar-refractivity contribution in [1.29, 1.82) is 0 Å². The fourth-order valence-electron chi connectivity index (χ4n) is 2.66. The normalized spacial score (nSPS) is 13.4. The summed E-state index contributed by atoms with van der Waals surface area (Å²) in [6.07, 6.45) is 0. The van der Waals surface area contributed by atoms with Crippen molar-refractivity contribution < 1.29 is 12.9 Å². The Kier molecular flexibility index (Phi) is 4.44. The van der Waals surface area contributed by atoms with E-state index in [1.54, 1.807) is 13.8 Å². The maximum atomic E-state index is 12.6. The molecule has 1 aromatic heterocycles. The van der Waals surface area contributed by atoms with E-state index in [2.05, 4.69) is 15.9 Å². The minimum absolute atomic E-state index is 0.126. The van der Waals surface area contributed by atoms with Crippen molar-refractivity contribution in [3.05, 3.63) is 45.8 Å². The number of sulfonamides is 1. The van der Waals surface area contributed by atoms with E-state index in [1.165, 1.54) is 5.56 Å². The molecule has 0 radical (unpaired) electrons. The second-order valence-corrected chi connectivity index (χ2v) is 7.44. The molecular weight excluding hydrogens is 300 g/mol. The standard InChI is InChI=1S/C16H22N2O3S/c1-9-7-11(3)15(8-10(9)2)12(4)18-22(19,20)16-13(5)17-21-14(16)6/h7-8,12,18H,1-6H3. The number of nitrogens with zero attached hydrogens (tertiary/aromatic N) is 1. The number of nitrogens with one attached hydrogen (secondary N) is 1. The van der Waals surface area contributed by atoms with Crippen LogP contribution in [0.25, 0.3) is 0 Å². The summed E-state index contributed by atoms with van der Waals surface area (Å²) in [5.41, 5.74) is 4.75. The molecule has 0 saturated carbocycles. The third-order valence-electron chi connectivity index (χ3n) is 3.92. The minimum Gasteiger partial charge on any atom is -0.360 e. The molecule has 2 aromatic rings. The van der Waals surface area contributed by atoms with Gasteiger partial charge in [-0.1, -0.05) is 17.3 Å². The summed E-state index contributed by atoms with van der Waals surface area (Å²) < 4.78 is 32.8. The first-order chi connectivity index (χ1) is 10.1. The molecule has 0 aliphatic carbocycles. The van der Waals surface area contributed by atoms with Gasteiger partial charge in [-0.05, 0) is 63.8 Å². The fraction of sp³-hybridized carbons (Fsp3) is 0.438. The average Bonchev–Trinajstić information content (AvgIpc) is 2.73. The molecule has 6 heteroatoms. The van der Waals surface area contributed by atoms with Gasteiger partial charge in [0.05, 0.1) is 0 Å². The van der Waals surface area contributed by atoms with Crippen LogP contribution in [0.1, 0.15) is 46.7 Å². The lowest BCUT2D eigenvalue weighted by Gasteiger charge is -2.18. The molecule has 120 valence electrons. The monoisotopic (exact) mass is 322 g/mol. The molecule has 0 aliphatic rings. The molecule has 0 bridgehead atoms. The molecule has 1 N–H and O–H groups in total. The summed E-state index contributed by atoms with van der Waals surface area (Å²) in [5.74, 6) is 0.300. The molecule has 22 heavy (non-hydrogen) atoms. The first kappa shape index (κ1) is 16.7. The van der Waals surface area contributed by atoms with Gasteiger partial charge in [-0.25, -0.2) is 13.1 Å². The summed E-state index contributed by atoms with van der Waals surface area (Å²) in [5, 5.41) is 3.71. The zero-order valence-corrected chi connectivity index (χ0v) is 14.6. The predicted molar refractivity (Wildman–Crippen MR) is 85.4 cm³/mol. The Balaban J connectivity index is 2.37. The van der Waals surface area contributed by atoms with Crippen LogP contribution < -0.4 is 4.72 Å².